The second-order valence-electron chi connectivity index (χ2n) is 4.79. The molecule has 14 heavy (non-hydrogen) atoms. The van der Waals surface area contributed by atoms with Crippen LogP contribution in [0.15, 0.2) is 0 Å². The second kappa shape index (κ2) is 4.78. The maximum absolute atomic E-state index is 10.7. The van der Waals surface area contributed by atoms with E-state index in [4.69, 9.17) is 5.11 Å². The summed E-state index contributed by atoms with van der Waals surface area (Å²) < 4.78 is 0. The Bertz CT molecular complexity index is 203. The highest BCUT2D eigenvalue weighted by Crippen LogP contribution is 2.23. The molecule has 0 bridgehead atoms. The Morgan fingerprint density at radius 2 is 2.14 bits per heavy atom. The third kappa shape index (κ3) is 2.98. The van der Waals surface area contributed by atoms with Crippen LogP contribution in [0.2, 0.25) is 0 Å². The predicted octanol–water partition coefficient (Wildman–Crippen LogP) is 1.69. The highest BCUT2D eigenvalue weighted by molar-refractivity contribution is 5.69. The molecule has 3 nitrogen and oxygen atoms in total. The molecule has 1 saturated heterocycles. The summed E-state index contributed by atoms with van der Waals surface area (Å²) >= 11 is 0. The lowest BCUT2D eigenvalue weighted by Crippen LogP contribution is -2.30. The Morgan fingerprint density at radius 3 is 2.57 bits per heavy atom. The number of carboxylic acids is 1. The van der Waals surface area contributed by atoms with Crippen molar-refractivity contribution in [1.82, 2.24) is 4.90 Å². The van der Waals surface area contributed by atoms with E-state index in [1.165, 1.54) is 6.42 Å². The third-order valence-electron chi connectivity index (χ3n) is 3.21. The second-order valence-corrected chi connectivity index (χ2v) is 4.79. The molecule has 1 aliphatic rings. The number of aliphatic carboxylic acids is 1. The van der Waals surface area contributed by atoms with Crippen LogP contribution in [0.5, 0.6) is 0 Å². The summed E-state index contributed by atoms with van der Waals surface area (Å²) in [6.07, 6.45) is 1.23. The van der Waals surface area contributed by atoms with Crippen molar-refractivity contribution in [3.8, 4) is 0 Å². The summed E-state index contributed by atoms with van der Waals surface area (Å²) in [5.74, 6) is 0.565. The predicted molar refractivity (Wildman–Crippen MR) is 56.2 cm³/mol. The summed E-state index contributed by atoms with van der Waals surface area (Å²) in [6, 6.07) is 0. The first-order chi connectivity index (χ1) is 6.50. The molecule has 0 aliphatic carbocycles. The van der Waals surface area contributed by atoms with Gasteiger partial charge in [-0.05, 0) is 24.8 Å². The fraction of sp³-hybridized carbons (Fsp3) is 0.909. The summed E-state index contributed by atoms with van der Waals surface area (Å²) in [5, 5.41) is 8.79. The zero-order chi connectivity index (χ0) is 10.7. The van der Waals surface area contributed by atoms with E-state index in [1.54, 1.807) is 6.92 Å². The third-order valence-corrected chi connectivity index (χ3v) is 3.21. The van der Waals surface area contributed by atoms with Crippen molar-refractivity contribution in [2.24, 2.45) is 17.8 Å². The Morgan fingerprint density at radius 1 is 1.50 bits per heavy atom. The molecule has 0 saturated carbocycles. The number of rotatable bonds is 4. The Labute approximate surface area is 86.1 Å². The van der Waals surface area contributed by atoms with E-state index in [2.05, 4.69) is 18.7 Å². The summed E-state index contributed by atoms with van der Waals surface area (Å²) in [5.41, 5.74) is 0. The zero-order valence-electron chi connectivity index (χ0n) is 9.36. The molecule has 2 unspecified atom stereocenters. The van der Waals surface area contributed by atoms with Crippen LogP contribution in [0.1, 0.15) is 27.2 Å². The molecular formula is C11H21NO2. The van der Waals surface area contributed by atoms with Gasteiger partial charge in [-0.25, -0.2) is 0 Å². The van der Waals surface area contributed by atoms with E-state index in [9.17, 15) is 4.79 Å². The highest BCUT2D eigenvalue weighted by Gasteiger charge is 2.26. The summed E-state index contributed by atoms with van der Waals surface area (Å²) in [7, 11) is 0. The molecular weight excluding hydrogens is 178 g/mol. The Hall–Kier alpha value is -0.570. The van der Waals surface area contributed by atoms with Crippen molar-refractivity contribution in [2.45, 2.75) is 27.2 Å². The monoisotopic (exact) mass is 199 g/mol. The van der Waals surface area contributed by atoms with Gasteiger partial charge in [0.15, 0.2) is 0 Å². The van der Waals surface area contributed by atoms with E-state index in [0.29, 0.717) is 6.54 Å². The fourth-order valence-electron chi connectivity index (χ4n) is 2.04. The fourth-order valence-corrected chi connectivity index (χ4v) is 2.04. The van der Waals surface area contributed by atoms with Crippen molar-refractivity contribution in [2.75, 3.05) is 19.6 Å². The van der Waals surface area contributed by atoms with E-state index in [1.807, 2.05) is 0 Å². The molecule has 0 spiro atoms. The van der Waals surface area contributed by atoms with Crippen LogP contribution in [0.4, 0.5) is 0 Å². The lowest BCUT2D eigenvalue weighted by Gasteiger charge is -2.19. The average molecular weight is 199 g/mol. The first kappa shape index (κ1) is 11.5. The largest absolute Gasteiger partial charge is 0.481 e. The number of hydrogen-bond donors (Lipinski definition) is 1. The van der Waals surface area contributed by atoms with Crippen molar-refractivity contribution >= 4 is 5.97 Å². The van der Waals surface area contributed by atoms with Crippen LogP contribution in [-0.4, -0.2) is 35.6 Å². The van der Waals surface area contributed by atoms with Crippen LogP contribution in [0.3, 0.4) is 0 Å². The molecule has 0 radical (unpaired) electrons. The highest BCUT2D eigenvalue weighted by atomic mass is 16.4. The molecule has 1 rings (SSSR count). The molecule has 0 aromatic rings. The molecule has 1 aliphatic heterocycles. The van der Waals surface area contributed by atoms with Gasteiger partial charge in [-0.3, -0.25) is 4.79 Å². The molecule has 2 atom stereocenters. The Balaban J connectivity index is 2.32. The smallest absolute Gasteiger partial charge is 0.307 e. The molecule has 0 aromatic carbocycles. The lowest BCUT2D eigenvalue weighted by atomic mass is 9.95. The first-order valence-corrected chi connectivity index (χ1v) is 5.46. The minimum absolute atomic E-state index is 0.235. The number of nitrogens with zero attached hydrogens (tertiary/aromatic N) is 1. The average Bonchev–Trinajstić information content (AvgIpc) is 2.52. The van der Waals surface area contributed by atoms with Gasteiger partial charge in [0.2, 0.25) is 0 Å². The molecule has 82 valence electrons. The van der Waals surface area contributed by atoms with Gasteiger partial charge < -0.3 is 10.0 Å². The topological polar surface area (TPSA) is 40.5 Å². The molecule has 1 heterocycles. The van der Waals surface area contributed by atoms with Gasteiger partial charge in [-0.1, -0.05) is 20.8 Å². The SMILES string of the molecule is CC(CN1CCC(C(C)C)C1)C(=O)O. The van der Waals surface area contributed by atoms with Crippen molar-refractivity contribution < 1.29 is 9.90 Å². The summed E-state index contributed by atoms with van der Waals surface area (Å²) in [6.45, 7) is 9.13. The maximum atomic E-state index is 10.7. The van der Waals surface area contributed by atoms with Gasteiger partial charge in [0.1, 0.15) is 0 Å². The van der Waals surface area contributed by atoms with Crippen molar-refractivity contribution in [3.05, 3.63) is 0 Å². The van der Waals surface area contributed by atoms with Crippen LogP contribution in [0, 0.1) is 17.8 Å². The lowest BCUT2D eigenvalue weighted by molar-refractivity contribution is -0.141. The number of carbonyl (C=O) groups is 1. The van der Waals surface area contributed by atoms with Gasteiger partial charge >= 0.3 is 5.97 Å². The molecule has 0 aromatic heterocycles. The number of carboxylic acid groups (broad SMARTS) is 1. The zero-order valence-corrected chi connectivity index (χ0v) is 9.36. The standard InChI is InChI=1S/C11H21NO2/c1-8(2)10-4-5-12(7-10)6-9(3)11(13)14/h8-10H,4-7H2,1-3H3,(H,13,14). The molecule has 3 heteroatoms. The Kier molecular flexibility index (Phi) is 3.93. The van der Waals surface area contributed by atoms with Gasteiger partial charge in [-0.2, -0.15) is 0 Å². The van der Waals surface area contributed by atoms with E-state index in [0.717, 1.165) is 24.9 Å². The molecule has 0 amide bonds. The maximum Gasteiger partial charge on any atom is 0.307 e. The quantitative estimate of drug-likeness (QED) is 0.749. The van der Waals surface area contributed by atoms with Crippen molar-refractivity contribution in [3.63, 3.8) is 0 Å². The molecule has 1 fully saturated rings. The van der Waals surface area contributed by atoms with Crippen LogP contribution >= 0.6 is 0 Å². The first-order valence-electron chi connectivity index (χ1n) is 5.46. The van der Waals surface area contributed by atoms with Crippen LogP contribution < -0.4 is 0 Å². The van der Waals surface area contributed by atoms with Gasteiger partial charge in [0.25, 0.3) is 0 Å². The van der Waals surface area contributed by atoms with E-state index >= 15 is 0 Å². The summed E-state index contributed by atoms with van der Waals surface area (Å²) in [4.78, 5) is 13.0. The number of likely N-dealkylation sites (tertiary alicyclic amines) is 1. The molecule has 1 N–H and O–H groups in total. The van der Waals surface area contributed by atoms with Crippen LogP contribution in [0.25, 0.3) is 0 Å². The minimum Gasteiger partial charge on any atom is -0.481 e. The van der Waals surface area contributed by atoms with Gasteiger partial charge in [0, 0.05) is 13.1 Å². The van der Waals surface area contributed by atoms with Gasteiger partial charge in [-0.15, -0.1) is 0 Å². The van der Waals surface area contributed by atoms with Gasteiger partial charge in [0.05, 0.1) is 5.92 Å². The van der Waals surface area contributed by atoms with Crippen molar-refractivity contribution in [1.29, 1.82) is 0 Å². The van der Waals surface area contributed by atoms with E-state index in [-0.39, 0.29) is 5.92 Å². The normalized spacial score (nSPS) is 25.6. The number of hydrogen-bond acceptors (Lipinski definition) is 2. The van der Waals surface area contributed by atoms with E-state index < -0.39 is 5.97 Å². The minimum atomic E-state index is -0.682. The van der Waals surface area contributed by atoms with Crippen LogP contribution in [-0.2, 0) is 4.79 Å².